The zero-order valence-corrected chi connectivity index (χ0v) is 14.6. The molecule has 6 heteroatoms. The van der Waals surface area contributed by atoms with Gasteiger partial charge in [0.1, 0.15) is 18.6 Å². The number of rotatable bonds is 5. The molecule has 1 heterocycles. The van der Waals surface area contributed by atoms with Gasteiger partial charge in [-0.05, 0) is 51.0 Å². The first kappa shape index (κ1) is 15.9. The van der Waals surface area contributed by atoms with Crippen LogP contribution >= 0.6 is 31.9 Å². The molecule has 0 saturated carbocycles. The number of piperazine rings is 1. The van der Waals surface area contributed by atoms with Crippen molar-refractivity contribution in [3.05, 3.63) is 26.6 Å². The van der Waals surface area contributed by atoms with E-state index in [1.54, 1.807) is 12.1 Å². The number of halogens is 2. The Kier molecular flexibility index (Phi) is 6.01. The van der Waals surface area contributed by atoms with Gasteiger partial charge in [0, 0.05) is 38.3 Å². The minimum atomic E-state index is 0.621. The second-order valence-electron chi connectivity index (χ2n) is 4.92. The molecule has 0 aromatic heterocycles. The molecular formula is C14H18Br2N2O2. The highest BCUT2D eigenvalue weighted by Crippen LogP contribution is 2.34. The van der Waals surface area contributed by atoms with Gasteiger partial charge in [0.15, 0.2) is 0 Å². The summed E-state index contributed by atoms with van der Waals surface area (Å²) in [5.74, 6) is 0.754. The largest absolute Gasteiger partial charge is 0.490 e. The summed E-state index contributed by atoms with van der Waals surface area (Å²) in [6.45, 7) is 5.96. The molecule has 0 aliphatic carbocycles. The van der Waals surface area contributed by atoms with Gasteiger partial charge < -0.3 is 9.64 Å². The number of carbonyl (C=O) groups excluding carboxylic acids is 1. The van der Waals surface area contributed by atoms with Gasteiger partial charge in [-0.1, -0.05) is 0 Å². The molecule has 0 bridgehead atoms. The highest BCUT2D eigenvalue weighted by atomic mass is 79.9. The van der Waals surface area contributed by atoms with Gasteiger partial charge in [-0.2, -0.15) is 0 Å². The molecule has 1 saturated heterocycles. The van der Waals surface area contributed by atoms with Crippen LogP contribution < -0.4 is 4.74 Å². The molecule has 0 spiro atoms. The van der Waals surface area contributed by atoms with Gasteiger partial charge in [-0.3, -0.25) is 9.69 Å². The second kappa shape index (κ2) is 7.54. The lowest BCUT2D eigenvalue weighted by Crippen LogP contribution is -2.45. The molecule has 1 aliphatic heterocycles. The average molecular weight is 406 g/mol. The zero-order valence-electron chi connectivity index (χ0n) is 11.4. The third-order valence-corrected chi connectivity index (χ3v) is 4.58. The molecule has 1 aliphatic rings. The van der Waals surface area contributed by atoms with Crippen molar-refractivity contribution in [3.63, 3.8) is 0 Å². The van der Waals surface area contributed by atoms with E-state index in [0.29, 0.717) is 12.2 Å². The first-order chi connectivity index (χ1) is 9.60. The number of aldehydes is 1. The van der Waals surface area contributed by atoms with E-state index in [2.05, 4.69) is 48.7 Å². The van der Waals surface area contributed by atoms with Crippen molar-refractivity contribution in [1.29, 1.82) is 0 Å². The molecule has 1 fully saturated rings. The van der Waals surface area contributed by atoms with Crippen LogP contribution in [0.5, 0.6) is 5.75 Å². The molecule has 110 valence electrons. The van der Waals surface area contributed by atoms with Crippen LogP contribution in [-0.4, -0.2) is 62.5 Å². The summed E-state index contributed by atoms with van der Waals surface area (Å²) >= 11 is 6.88. The smallest absolute Gasteiger partial charge is 0.150 e. The molecular weight excluding hydrogens is 388 g/mol. The van der Waals surface area contributed by atoms with E-state index < -0.39 is 0 Å². The van der Waals surface area contributed by atoms with Gasteiger partial charge in [0.2, 0.25) is 0 Å². The van der Waals surface area contributed by atoms with Crippen molar-refractivity contribution >= 4 is 38.1 Å². The fourth-order valence-corrected chi connectivity index (χ4v) is 3.58. The topological polar surface area (TPSA) is 32.8 Å². The Balaban J connectivity index is 1.86. The lowest BCUT2D eigenvalue weighted by Gasteiger charge is -2.32. The Labute approximate surface area is 136 Å². The van der Waals surface area contributed by atoms with Crippen LogP contribution in [0.25, 0.3) is 0 Å². The van der Waals surface area contributed by atoms with Crippen molar-refractivity contribution in [1.82, 2.24) is 9.80 Å². The van der Waals surface area contributed by atoms with Crippen LogP contribution in [0, 0.1) is 0 Å². The van der Waals surface area contributed by atoms with Gasteiger partial charge in [-0.25, -0.2) is 0 Å². The predicted octanol–water partition coefficient (Wildman–Crippen LogP) is 2.65. The maximum Gasteiger partial charge on any atom is 0.150 e. The SMILES string of the molecule is CN1CCN(CCOc2c(Br)cc(C=O)cc2Br)CC1. The van der Waals surface area contributed by atoms with Crippen molar-refractivity contribution in [2.45, 2.75) is 0 Å². The summed E-state index contributed by atoms with van der Waals surface area (Å²) in [7, 11) is 2.15. The molecule has 2 rings (SSSR count). The van der Waals surface area contributed by atoms with E-state index in [9.17, 15) is 4.79 Å². The van der Waals surface area contributed by atoms with Crippen molar-refractivity contribution in [2.75, 3.05) is 46.4 Å². The fraction of sp³-hybridized carbons (Fsp3) is 0.500. The molecule has 20 heavy (non-hydrogen) atoms. The standard InChI is InChI=1S/C14H18Br2N2O2/c1-17-2-4-18(5-3-17)6-7-20-14-12(15)8-11(10-19)9-13(14)16/h8-10H,2-7H2,1H3. The minimum Gasteiger partial charge on any atom is -0.490 e. The number of likely N-dealkylation sites (N-methyl/N-ethyl adjacent to an activating group) is 1. The summed E-state index contributed by atoms with van der Waals surface area (Å²) in [6, 6.07) is 3.53. The van der Waals surface area contributed by atoms with Crippen LogP contribution in [0.3, 0.4) is 0 Å². The molecule has 0 unspecified atom stereocenters. The average Bonchev–Trinajstić information content (AvgIpc) is 2.43. The van der Waals surface area contributed by atoms with Gasteiger partial charge in [0.05, 0.1) is 8.95 Å². The summed E-state index contributed by atoms with van der Waals surface area (Å²) < 4.78 is 7.43. The van der Waals surface area contributed by atoms with Crippen molar-refractivity contribution < 1.29 is 9.53 Å². The normalized spacial score (nSPS) is 17.1. The number of nitrogens with zero attached hydrogens (tertiary/aromatic N) is 2. The van der Waals surface area contributed by atoms with Crippen LogP contribution in [0.1, 0.15) is 10.4 Å². The Morgan fingerprint density at radius 3 is 2.35 bits per heavy atom. The van der Waals surface area contributed by atoms with E-state index in [4.69, 9.17) is 4.74 Å². The molecule has 1 aromatic carbocycles. The predicted molar refractivity (Wildman–Crippen MR) is 86.7 cm³/mol. The highest BCUT2D eigenvalue weighted by Gasteiger charge is 2.14. The van der Waals surface area contributed by atoms with Crippen molar-refractivity contribution in [2.24, 2.45) is 0 Å². The number of hydrogen-bond acceptors (Lipinski definition) is 4. The lowest BCUT2D eigenvalue weighted by molar-refractivity contribution is 0.112. The molecule has 0 radical (unpaired) electrons. The highest BCUT2D eigenvalue weighted by molar-refractivity contribution is 9.11. The Hall–Kier alpha value is -0.430. The van der Waals surface area contributed by atoms with Crippen LogP contribution in [0.15, 0.2) is 21.1 Å². The van der Waals surface area contributed by atoms with E-state index >= 15 is 0 Å². The summed E-state index contributed by atoms with van der Waals surface area (Å²) in [6.07, 6.45) is 0.823. The summed E-state index contributed by atoms with van der Waals surface area (Å²) in [5.41, 5.74) is 0.621. The minimum absolute atomic E-state index is 0.621. The lowest BCUT2D eigenvalue weighted by atomic mass is 10.2. The van der Waals surface area contributed by atoms with Crippen LogP contribution in [-0.2, 0) is 0 Å². The van der Waals surface area contributed by atoms with Crippen LogP contribution in [0.2, 0.25) is 0 Å². The zero-order chi connectivity index (χ0) is 14.5. The summed E-state index contributed by atoms with van der Waals surface area (Å²) in [5, 5.41) is 0. The monoisotopic (exact) mass is 404 g/mol. The number of ether oxygens (including phenoxy) is 1. The van der Waals surface area contributed by atoms with Gasteiger partial charge >= 0.3 is 0 Å². The second-order valence-corrected chi connectivity index (χ2v) is 6.63. The van der Waals surface area contributed by atoms with E-state index in [-0.39, 0.29) is 0 Å². The first-order valence-electron chi connectivity index (χ1n) is 6.58. The number of carbonyl (C=O) groups is 1. The summed E-state index contributed by atoms with van der Waals surface area (Å²) in [4.78, 5) is 15.5. The maximum atomic E-state index is 10.8. The molecule has 0 N–H and O–H groups in total. The third-order valence-electron chi connectivity index (χ3n) is 3.41. The van der Waals surface area contributed by atoms with E-state index in [0.717, 1.165) is 53.7 Å². The third kappa shape index (κ3) is 4.28. The Morgan fingerprint density at radius 1 is 1.20 bits per heavy atom. The Morgan fingerprint density at radius 2 is 1.80 bits per heavy atom. The Bertz CT molecular complexity index is 451. The van der Waals surface area contributed by atoms with E-state index in [1.807, 2.05) is 0 Å². The van der Waals surface area contributed by atoms with Gasteiger partial charge in [0.25, 0.3) is 0 Å². The number of benzene rings is 1. The van der Waals surface area contributed by atoms with Gasteiger partial charge in [-0.15, -0.1) is 0 Å². The number of hydrogen-bond donors (Lipinski definition) is 0. The maximum absolute atomic E-state index is 10.8. The van der Waals surface area contributed by atoms with Crippen molar-refractivity contribution in [3.8, 4) is 5.75 Å². The quantitative estimate of drug-likeness (QED) is 0.705. The molecule has 1 aromatic rings. The van der Waals surface area contributed by atoms with E-state index in [1.165, 1.54) is 0 Å². The molecule has 0 amide bonds. The fourth-order valence-electron chi connectivity index (χ4n) is 2.13. The molecule has 0 atom stereocenters. The first-order valence-corrected chi connectivity index (χ1v) is 8.16. The molecule has 4 nitrogen and oxygen atoms in total. The van der Waals surface area contributed by atoms with Crippen LogP contribution in [0.4, 0.5) is 0 Å².